The van der Waals surface area contributed by atoms with Gasteiger partial charge in [-0.05, 0) is 82.3 Å². The predicted molar refractivity (Wildman–Crippen MR) is 154 cm³/mol. The van der Waals surface area contributed by atoms with Crippen molar-refractivity contribution in [1.82, 2.24) is 0 Å². The molecule has 1 unspecified atom stereocenters. The summed E-state index contributed by atoms with van der Waals surface area (Å²) >= 11 is 0. The maximum Gasteiger partial charge on any atom is 0.333 e. The molecule has 0 saturated heterocycles. The highest BCUT2D eigenvalue weighted by Gasteiger charge is 2.32. The maximum absolute atomic E-state index is 12.4. The van der Waals surface area contributed by atoms with Crippen molar-refractivity contribution in [2.45, 2.75) is 91.9 Å². The molecule has 1 aromatic rings. The Morgan fingerprint density at radius 3 is 2.26 bits per heavy atom. The molecule has 1 aliphatic rings. The largest absolute Gasteiger partial charge is 0.465 e. The second-order valence-corrected chi connectivity index (χ2v) is 11.7. The third-order valence-corrected chi connectivity index (χ3v) is 7.75. The second kappa shape index (κ2) is 16.5. The first-order chi connectivity index (χ1) is 18.2. The number of hydrogen-bond acceptors (Lipinski definition) is 5. The van der Waals surface area contributed by atoms with Gasteiger partial charge in [-0.1, -0.05) is 75.6 Å². The Morgan fingerprint density at radius 1 is 1.03 bits per heavy atom. The fourth-order valence-electron chi connectivity index (χ4n) is 4.85. The average molecular weight is 527 g/mol. The Hall–Kier alpha value is -2.40. The number of esters is 2. The van der Waals surface area contributed by atoms with E-state index in [1.807, 2.05) is 0 Å². The van der Waals surface area contributed by atoms with E-state index in [1.54, 1.807) is 20.8 Å². The number of aryl methyl sites for hydroxylation is 1. The van der Waals surface area contributed by atoms with Crippen LogP contribution in [0, 0.1) is 23.2 Å². The molecule has 0 bridgehead atoms. The molecule has 0 aliphatic heterocycles. The van der Waals surface area contributed by atoms with Gasteiger partial charge in [0.25, 0.3) is 0 Å². The normalized spacial score (nSPS) is 18.8. The highest BCUT2D eigenvalue weighted by molar-refractivity contribution is 5.86. The van der Waals surface area contributed by atoms with E-state index in [0.29, 0.717) is 17.4 Å². The lowest BCUT2D eigenvalue weighted by Gasteiger charge is -2.33. The van der Waals surface area contributed by atoms with E-state index in [0.717, 1.165) is 32.1 Å². The van der Waals surface area contributed by atoms with Gasteiger partial charge in [-0.25, -0.2) is 4.79 Å². The van der Waals surface area contributed by atoms with Gasteiger partial charge in [0, 0.05) is 11.5 Å². The van der Waals surface area contributed by atoms with Gasteiger partial charge < -0.3 is 14.6 Å². The minimum atomic E-state index is -0.950. The maximum atomic E-state index is 12.4. The molecule has 0 spiro atoms. The molecule has 5 heteroatoms. The van der Waals surface area contributed by atoms with Crippen LogP contribution >= 0.6 is 0 Å². The Morgan fingerprint density at radius 2 is 1.66 bits per heavy atom. The summed E-state index contributed by atoms with van der Waals surface area (Å²) in [6.07, 6.45) is 16.4. The van der Waals surface area contributed by atoms with Gasteiger partial charge >= 0.3 is 11.9 Å². The standard InChI is InChI=1S/C33H50O5/c1-6-7-8-9-10-11-26-12-14-27(15-13-26)16-17-28-18-20-29(21-19-28)30(22-37-31(35)25(2)3)23-38-32(36)33(4,5)24-34/h12-17,28-30,34H,2,6-11,18-24H2,1,3-5H3/b17-16+. The van der Waals surface area contributed by atoms with Crippen LogP contribution in [0.15, 0.2) is 42.5 Å². The third kappa shape index (κ3) is 11.1. The monoisotopic (exact) mass is 526 g/mol. The zero-order valence-electron chi connectivity index (χ0n) is 24.2. The summed E-state index contributed by atoms with van der Waals surface area (Å²) in [5.41, 5.74) is 2.07. The van der Waals surface area contributed by atoms with Crippen LogP contribution in [-0.2, 0) is 25.5 Å². The van der Waals surface area contributed by atoms with Crippen molar-refractivity contribution in [2.24, 2.45) is 23.2 Å². The van der Waals surface area contributed by atoms with Gasteiger partial charge in [0.1, 0.15) is 0 Å². The van der Waals surface area contributed by atoms with E-state index < -0.39 is 17.4 Å². The van der Waals surface area contributed by atoms with Gasteiger partial charge in [-0.3, -0.25) is 4.79 Å². The molecule has 212 valence electrons. The van der Waals surface area contributed by atoms with Crippen LogP contribution in [0.25, 0.3) is 6.08 Å². The number of hydrogen-bond donors (Lipinski definition) is 1. The quantitative estimate of drug-likeness (QED) is 0.139. The molecule has 0 radical (unpaired) electrons. The van der Waals surface area contributed by atoms with E-state index in [9.17, 15) is 14.7 Å². The molecule has 0 amide bonds. The molecule has 1 fully saturated rings. The van der Waals surface area contributed by atoms with Crippen LogP contribution in [0.2, 0.25) is 0 Å². The number of rotatable bonds is 16. The highest BCUT2D eigenvalue weighted by atomic mass is 16.5. The number of aliphatic hydroxyl groups excluding tert-OH is 1. The topological polar surface area (TPSA) is 72.8 Å². The number of carbonyl (C=O) groups excluding carboxylic acids is 2. The fraction of sp³-hybridized carbons (Fsp3) is 0.636. The molecule has 2 rings (SSSR count). The minimum Gasteiger partial charge on any atom is -0.465 e. The molecule has 1 N–H and O–H groups in total. The summed E-state index contributed by atoms with van der Waals surface area (Å²) in [6, 6.07) is 8.95. The van der Waals surface area contributed by atoms with Crippen LogP contribution in [0.5, 0.6) is 0 Å². The smallest absolute Gasteiger partial charge is 0.333 e. The Bertz CT molecular complexity index is 890. The van der Waals surface area contributed by atoms with Crippen LogP contribution < -0.4 is 0 Å². The number of benzene rings is 1. The number of aliphatic hydroxyl groups is 1. The molecule has 1 aromatic carbocycles. The van der Waals surface area contributed by atoms with E-state index in [1.165, 1.54) is 43.2 Å². The first-order valence-corrected chi connectivity index (χ1v) is 14.5. The number of unbranched alkanes of at least 4 members (excludes halogenated alkanes) is 4. The van der Waals surface area contributed by atoms with E-state index in [-0.39, 0.29) is 25.7 Å². The zero-order chi connectivity index (χ0) is 28.0. The van der Waals surface area contributed by atoms with Crippen molar-refractivity contribution in [3.8, 4) is 0 Å². The lowest BCUT2D eigenvalue weighted by molar-refractivity contribution is -0.159. The minimum absolute atomic E-state index is 0.0730. The summed E-state index contributed by atoms with van der Waals surface area (Å²) in [5.74, 6) is -0.110. The Kier molecular flexibility index (Phi) is 13.8. The second-order valence-electron chi connectivity index (χ2n) is 11.7. The predicted octanol–water partition coefficient (Wildman–Crippen LogP) is 7.32. The summed E-state index contributed by atoms with van der Waals surface area (Å²) in [6.45, 7) is 11.0. The number of ether oxygens (including phenoxy) is 2. The highest BCUT2D eigenvalue weighted by Crippen LogP contribution is 2.35. The Balaban J connectivity index is 1.86. The fourth-order valence-corrected chi connectivity index (χ4v) is 4.85. The zero-order valence-corrected chi connectivity index (χ0v) is 24.2. The summed E-state index contributed by atoms with van der Waals surface area (Å²) in [7, 11) is 0. The molecule has 5 nitrogen and oxygen atoms in total. The third-order valence-electron chi connectivity index (χ3n) is 7.75. The van der Waals surface area contributed by atoms with Gasteiger partial charge in [0.2, 0.25) is 0 Å². The first-order valence-electron chi connectivity index (χ1n) is 14.5. The van der Waals surface area contributed by atoms with Gasteiger partial charge in [-0.2, -0.15) is 0 Å². The Labute approximate surface area is 230 Å². The molecule has 1 saturated carbocycles. The number of carbonyl (C=O) groups is 2. The summed E-state index contributed by atoms with van der Waals surface area (Å²) in [5, 5.41) is 9.47. The molecule has 38 heavy (non-hydrogen) atoms. The van der Waals surface area contributed by atoms with Crippen molar-refractivity contribution in [3.63, 3.8) is 0 Å². The van der Waals surface area contributed by atoms with Crippen molar-refractivity contribution in [1.29, 1.82) is 0 Å². The molecular formula is C33H50O5. The SMILES string of the molecule is C=C(C)C(=O)OCC(COC(=O)C(C)(C)CO)C1CCC(/C=C/c2ccc(CCCCCCC)cc2)CC1. The van der Waals surface area contributed by atoms with Crippen molar-refractivity contribution in [3.05, 3.63) is 53.6 Å². The lowest BCUT2D eigenvalue weighted by Crippen LogP contribution is -2.35. The van der Waals surface area contributed by atoms with Crippen LogP contribution in [0.4, 0.5) is 0 Å². The first kappa shape index (κ1) is 31.8. The molecule has 1 atom stereocenters. The van der Waals surface area contributed by atoms with Crippen LogP contribution in [-0.4, -0.2) is 36.9 Å². The van der Waals surface area contributed by atoms with Crippen molar-refractivity contribution in [2.75, 3.05) is 19.8 Å². The van der Waals surface area contributed by atoms with Crippen molar-refractivity contribution >= 4 is 18.0 Å². The van der Waals surface area contributed by atoms with Crippen molar-refractivity contribution < 1.29 is 24.2 Å². The molecule has 0 heterocycles. The van der Waals surface area contributed by atoms with Gasteiger partial charge in [0.15, 0.2) is 0 Å². The van der Waals surface area contributed by atoms with Crippen LogP contribution in [0.3, 0.4) is 0 Å². The van der Waals surface area contributed by atoms with E-state index in [2.05, 4.69) is 49.9 Å². The van der Waals surface area contributed by atoms with Gasteiger partial charge in [-0.15, -0.1) is 0 Å². The van der Waals surface area contributed by atoms with Gasteiger partial charge in [0.05, 0.1) is 25.2 Å². The van der Waals surface area contributed by atoms with E-state index in [4.69, 9.17) is 9.47 Å². The molecule has 1 aliphatic carbocycles. The number of allylic oxidation sites excluding steroid dienone is 1. The lowest BCUT2D eigenvalue weighted by atomic mass is 9.76. The molecular weight excluding hydrogens is 476 g/mol. The summed E-state index contributed by atoms with van der Waals surface area (Å²) in [4.78, 5) is 24.4. The molecule has 0 aromatic heterocycles. The summed E-state index contributed by atoms with van der Waals surface area (Å²) < 4.78 is 11.0. The van der Waals surface area contributed by atoms with E-state index >= 15 is 0 Å². The van der Waals surface area contributed by atoms with Crippen LogP contribution in [0.1, 0.15) is 96.6 Å². The average Bonchev–Trinajstić information content (AvgIpc) is 2.92.